The van der Waals surface area contributed by atoms with Crippen LogP contribution in [0, 0.1) is 5.41 Å². The zero-order valence-electron chi connectivity index (χ0n) is 8.33. The molecule has 0 rings (SSSR count). The summed E-state index contributed by atoms with van der Waals surface area (Å²) in [6.07, 6.45) is 0.156. The molecule has 0 aromatic carbocycles. The SMILES string of the molecule is O=C(O)CCS.OCC(CO)(CO)CO. The van der Waals surface area contributed by atoms with Crippen LogP contribution in [-0.2, 0) is 4.79 Å². The van der Waals surface area contributed by atoms with Gasteiger partial charge in [0, 0.05) is 5.75 Å². The van der Waals surface area contributed by atoms with Crippen molar-refractivity contribution >= 4 is 18.6 Å². The van der Waals surface area contributed by atoms with E-state index in [4.69, 9.17) is 25.5 Å². The first-order valence-electron chi connectivity index (χ1n) is 4.28. The van der Waals surface area contributed by atoms with E-state index in [-0.39, 0.29) is 6.42 Å². The summed E-state index contributed by atoms with van der Waals surface area (Å²) in [5.74, 6) is -0.361. The fraction of sp³-hybridized carbons (Fsp3) is 0.875. The van der Waals surface area contributed by atoms with Gasteiger partial charge >= 0.3 is 5.97 Å². The van der Waals surface area contributed by atoms with Gasteiger partial charge in [-0.3, -0.25) is 4.79 Å². The Bertz CT molecular complexity index is 142. The molecule has 0 saturated heterocycles. The van der Waals surface area contributed by atoms with E-state index in [9.17, 15) is 4.79 Å². The van der Waals surface area contributed by atoms with Crippen LogP contribution in [-0.4, -0.2) is 63.7 Å². The van der Waals surface area contributed by atoms with Crippen molar-refractivity contribution in [1.82, 2.24) is 0 Å². The normalized spacial score (nSPS) is 10.5. The summed E-state index contributed by atoms with van der Waals surface area (Å²) in [6.45, 7) is -1.62. The van der Waals surface area contributed by atoms with E-state index in [0.29, 0.717) is 5.75 Å². The van der Waals surface area contributed by atoms with Gasteiger partial charge in [-0.15, -0.1) is 0 Å². The summed E-state index contributed by atoms with van der Waals surface area (Å²) in [5, 5.41) is 41.9. The number of carboxylic acid groups (broad SMARTS) is 1. The van der Waals surface area contributed by atoms with Crippen LogP contribution in [0.4, 0.5) is 0 Å². The first-order chi connectivity index (χ1) is 7.01. The Kier molecular flexibility index (Phi) is 11.6. The van der Waals surface area contributed by atoms with Crippen molar-refractivity contribution in [3.8, 4) is 0 Å². The molecule has 92 valence electrons. The molecule has 0 aromatic heterocycles. The highest BCUT2D eigenvalue weighted by Gasteiger charge is 2.26. The minimum absolute atomic E-state index is 0.156. The molecular formula is C8H18O6S. The molecule has 5 N–H and O–H groups in total. The van der Waals surface area contributed by atoms with Crippen LogP contribution in [0.2, 0.25) is 0 Å². The lowest BCUT2D eigenvalue weighted by molar-refractivity contribution is -0.136. The van der Waals surface area contributed by atoms with E-state index in [2.05, 4.69) is 12.6 Å². The average molecular weight is 242 g/mol. The lowest BCUT2D eigenvalue weighted by Gasteiger charge is -2.23. The van der Waals surface area contributed by atoms with Crippen molar-refractivity contribution in [3.63, 3.8) is 0 Å². The van der Waals surface area contributed by atoms with E-state index >= 15 is 0 Å². The number of aliphatic hydroxyl groups is 4. The van der Waals surface area contributed by atoms with E-state index in [0.717, 1.165) is 0 Å². The second-order valence-electron chi connectivity index (χ2n) is 3.00. The molecule has 0 aliphatic rings. The van der Waals surface area contributed by atoms with Crippen molar-refractivity contribution in [2.45, 2.75) is 6.42 Å². The van der Waals surface area contributed by atoms with Crippen molar-refractivity contribution < 1.29 is 30.3 Å². The maximum Gasteiger partial charge on any atom is 0.304 e. The minimum Gasteiger partial charge on any atom is -0.481 e. The number of rotatable bonds is 6. The van der Waals surface area contributed by atoms with Crippen LogP contribution in [0.25, 0.3) is 0 Å². The third-order valence-corrected chi connectivity index (χ3v) is 1.89. The number of carboxylic acids is 1. The third kappa shape index (κ3) is 8.64. The number of aliphatic carboxylic acids is 1. The van der Waals surface area contributed by atoms with Gasteiger partial charge in [0.1, 0.15) is 0 Å². The summed E-state index contributed by atoms with van der Waals surface area (Å²) < 4.78 is 0. The Balaban J connectivity index is 0. The highest BCUT2D eigenvalue weighted by molar-refractivity contribution is 7.80. The van der Waals surface area contributed by atoms with Gasteiger partial charge < -0.3 is 25.5 Å². The fourth-order valence-corrected chi connectivity index (χ4v) is 0.587. The minimum atomic E-state index is -1.11. The van der Waals surface area contributed by atoms with E-state index < -0.39 is 37.8 Å². The molecule has 0 unspecified atom stereocenters. The second-order valence-corrected chi connectivity index (χ2v) is 3.45. The molecule has 0 aliphatic heterocycles. The van der Waals surface area contributed by atoms with Crippen LogP contribution in [0.5, 0.6) is 0 Å². The van der Waals surface area contributed by atoms with E-state index in [1.165, 1.54) is 0 Å². The number of carbonyl (C=O) groups is 1. The number of aliphatic hydroxyl groups excluding tert-OH is 4. The van der Waals surface area contributed by atoms with Crippen molar-refractivity contribution in [2.24, 2.45) is 5.41 Å². The summed E-state index contributed by atoms with van der Waals surface area (Å²) >= 11 is 3.68. The highest BCUT2D eigenvalue weighted by atomic mass is 32.1. The highest BCUT2D eigenvalue weighted by Crippen LogP contribution is 2.11. The molecule has 7 heteroatoms. The van der Waals surface area contributed by atoms with Crippen LogP contribution < -0.4 is 0 Å². The molecule has 0 atom stereocenters. The monoisotopic (exact) mass is 242 g/mol. The van der Waals surface area contributed by atoms with Crippen LogP contribution in [0.15, 0.2) is 0 Å². The third-order valence-electron chi connectivity index (χ3n) is 1.67. The van der Waals surface area contributed by atoms with Crippen molar-refractivity contribution in [3.05, 3.63) is 0 Å². The van der Waals surface area contributed by atoms with E-state index in [1.54, 1.807) is 0 Å². The summed E-state index contributed by atoms with van der Waals surface area (Å²) in [5.41, 5.74) is -1.11. The van der Waals surface area contributed by atoms with Gasteiger partial charge in [-0.25, -0.2) is 0 Å². The first kappa shape index (κ1) is 17.1. The summed E-state index contributed by atoms with van der Waals surface area (Å²) in [7, 11) is 0. The molecule has 15 heavy (non-hydrogen) atoms. The topological polar surface area (TPSA) is 118 Å². The molecule has 0 radical (unpaired) electrons. The first-order valence-corrected chi connectivity index (χ1v) is 4.91. The van der Waals surface area contributed by atoms with Crippen LogP contribution >= 0.6 is 12.6 Å². The molecule has 0 aliphatic carbocycles. The maximum absolute atomic E-state index is 9.55. The number of hydrogen-bond acceptors (Lipinski definition) is 6. The predicted octanol–water partition coefficient (Wildman–Crippen LogP) is -1.67. The molecule has 0 amide bonds. The molecular weight excluding hydrogens is 224 g/mol. The van der Waals surface area contributed by atoms with Gasteiger partial charge in [-0.2, -0.15) is 12.6 Å². The Morgan fingerprint density at radius 3 is 1.33 bits per heavy atom. The smallest absolute Gasteiger partial charge is 0.304 e. The lowest BCUT2D eigenvalue weighted by Crippen LogP contribution is -2.37. The van der Waals surface area contributed by atoms with E-state index in [1.807, 2.05) is 0 Å². The fourth-order valence-electron chi connectivity index (χ4n) is 0.396. The Morgan fingerprint density at radius 2 is 1.33 bits per heavy atom. The van der Waals surface area contributed by atoms with Crippen LogP contribution in [0.1, 0.15) is 6.42 Å². The Labute approximate surface area is 93.6 Å². The molecule has 0 bridgehead atoms. The van der Waals surface area contributed by atoms with Gasteiger partial charge in [-0.05, 0) is 0 Å². The van der Waals surface area contributed by atoms with Gasteiger partial charge in [-0.1, -0.05) is 0 Å². The predicted molar refractivity (Wildman–Crippen MR) is 56.9 cm³/mol. The van der Waals surface area contributed by atoms with Gasteiger partial charge in [0.15, 0.2) is 0 Å². The number of hydrogen-bond donors (Lipinski definition) is 6. The Morgan fingerprint density at radius 1 is 1.00 bits per heavy atom. The summed E-state index contributed by atoms with van der Waals surface area (Å²) in [4.78, 5) is 9.55. The lowest BCUT2D eigenvalue weighted by atomic mass is 9.93. The molecule has 6 nitrogen and oxygen atoms in total. The summed E-state index contributed by atoms with van der Waals surface area (Å²) in [6, 6.07) is 0. The molecule has 0 spiro atoms. The standard InChI is InChI=1S/C5H12O4.C3H6O2S/c6-1-5(2-7,3-8)4-9;4-3(5)1-2-6/h6-9H,1-4H2;6H,1-2H2,(H,4,5). The molecule has 0 saturated carbocycles. The van der Waals surface area contributed by atoms with Crippen LogP contribution in [0.3, 0.4) is 0 Å². The van der Waals surface area contributed by atoms with Crippen molar-refractivity contribution in [1.29, 1.82) is 0 Å². The number of thiol groups is 1. The quantitative estimate of drug-likeness (QED) is 0.310. The average Bonchev–Trinajstić information content (AvgIpc) is 2.23. The second kappa shape index (κ2) is 10.2. The Hall–Kier alpha value is -0.340. The largest absolute Gasteiger partial charge is 0.481 e. The maximum atomic E-state index is 9.55. The van der Waals surface area contributed by atoms with Gasteiger partial charge in [0.25, 0.3) is 0 Å². The molecule has 0 heterocycles. The molecule has 0 fully saturated rings. The van der Waals surface area contributed by atoms with Gasteiger partial charge in [0.2, 0.25) is 0 Å². The van der Waals surface area contributed by atoms with Crippen molar-refractivity contribution in [2.75, 3.05) is 32.2 Å². The molecule has 0 aromatic rings. The van der Waals surface area contributed by atoms with Gasteiger partial charge in [0.05, 0.1) is 38.3 Å². The zero-order valence-corrected chi connectivity index (χ0v) is 9.23. The zero-order chi connectivity index (χ0) is 12.3.